The lowest BCUT2D eigenvalue weighted by atomic mass is 10.3. The smallest absolute Gasteiger partial charge is 0.180 e. The molecule has 0 amide bonds. The van der Waals surface area contributed by atoms with Gasteiger partial charge in [0.1, 0.15) is 17.2 Å². The predicted octanol–water partition coefficient (Wildman–Crippen LogP) is 1.74. The van der Waals surface area contributed by atoms with Gasteiger partial charge in [-0.2, -0.15) is 0 Å². The molecule has 0 unspecified atom stereocenters. The van der Waals surface area contributed by atoms with Gasteiger partial charge in [-0.05, 0) is 25.1 Å². The molecule has 1 N–H and O–H groups in total. The SMILES string of the molecule is Cc1nccc(CNc2ccc3nccnc3n2)n1. The highest BCUT2D eigenvalue weighted by Gasteiger charge is 2.00. The fraction of sp³-hybridized carbons (Fsp3) is 0.154. The fourth-order valence-corrected chi connectivity index (χ4v) is 1.74. The largest absolute Gasteiger partial charge is 0.364 e. The maximum absolute atomic E-state index is 4.38. The molecular weight excluding hydrogens is 240 g/mol. The zero-order valence-corrected chi connectivity index (χ0v) is 10.4. The van der Waals surface area contributed by atoms with Crippen LogP contribution in [0.3, 0.4) is 0 Å². The van der Waals surface area contributed by atoms with Crippen molar-refractivity contribution in [3.63, 3.8) is 0 Å². The average molecular weight is 252 g/mol. The van der Waals surface area contributed by atoms with Crippen molar-refractivity contribution in [1.82, 2.24) is 24.9 Å². The molecule has 0 atom stereocenters. The lowest BCUT2D eigenvalue weighted by molar-refractivity contribution is 0.950. The third kappa shape index (κ3) is 2.62. The van der Waals surface area contributed by atoms with E-state index in [-0.39, 0.29) is 0 Å². The standard InChI is InChI=1S/C13H12N6/c1-9-14-5-4-10(18-9)8-17-12-3-2-11-13(19-12)16-7-6-15-11/h2-7H,8H2,1H3,(H,16,17,19). The van der Waals surface area contributed by atoms with E-state index in [2.05, 4.69) is 30.2 Å². The summed E-state index contributed by atoms with van der Waals surface area (Å²) >= 11 is 0. The zero-order chi connectivity index (χ0) is 13.1. The van der Waals surface area contributed by atoms with E-state index < -0.39 is 0 Å². The van der Waals surface area contributed by atoms with Crippen LogP contribution in [0.15, 0.2) is 36.8 Å². The molecule has 3 heterocycles. The third-order valence-corrected chi connectivity index (χ3v) is 2.62. The van der Waals surface area contributed by atoms with Gasteiger partial charge in [0.15, 0.2) is 5.65 Å². The molecule has 94 valence electrons. The number of fused-ring (bicyclic) bond motifs is 1. The fourth-order valence-electron chi connectivity index (χ4n) is 1.74. The van der Waals surface area contributed by atoms with E-state index in [0.29, 0.717) is 12.2 Å². The third-order valence-electron chi connectivity index (χ3n) is 2.62. The molecule has 0 saturated heterocycles. The van der Waals surface area contributed by atoms with Crippen LogP contribution in [0.4, 0.5) is 5.82 Å². The van der Waals surface area contributed by atoms with Crippen molar-refractivity contribution in [2.45, 2.75) is 13.5 Å². The second kappa shape index (κ2) is 4.93. The maximum atomic E-state index is 4.38. The number of rotatable bonds is 3. The summed E-state index contributed by atoms with van der Waals surface area (Å²) in [5, 5.41) is 3.21. The Morgan fingerprint density at radius 1 is 0.947 bits per heavy atom. The molecular formula is C13H12N6. The van der Waals surface area contributed by atoms with Crippen LogP contribution in [0.25, 0.3) is 11.2 Å². The molecule has 6 heteroatoms. The Kier molecular flexibility index (Phi) is 2.97. The van der Waals surface area contributed by atoms with Crippen LogP contribution in [0.1, 0.15) is 11.5 Å². The molecule has 0 fully saturated rings. The summed E-state index contributed by atoms with van der Waals surface area (Å²) in [7, 11) is 0. The lowest BCUT2D eigenvalue weighted by Crippen LogP contribution is -2.04. The first kappa shape index (κ1) is 11.5. The predicted molar refractivity (Wildman–Crippen MR) is 71.4 cm³/mol. The van der Waals surface area contributed by atoms with Gasteiger partial charge in [-0.3, -0.25) is 4.98 Å². The minimum Gasteiger partial charge on any atom is -0.364 e. The lowest BCUT2D eigenvalue weighted by Gasteiger charge is -2.05. The summed E-state index contributed by atoms with van der Waals surface area (Å²) in [6.45, 7) is 2.47. The van der Waals surface area contributed by atoms with Gasteiger partial charge in [-0.25, -0.2) is 19.9 Å². The second-order valence-electron chi connectivity index (χ2n) is 4.04. The monoisotopic (exact) mass is 252 g/mol. The normalized spacial score (nSPS) is 10.6. The second-order valence-corrected chi connectivity index (χ2v) is 4.04. The number of hydrogen-bond donors (Lipinski definition) is 1. The number of pyridine rings is 1. The number of nitrogens with zero attached hydrogens (tertiary/aromatic N) is 5. The van der Waals surface area contributed by atoms with Crippen molar-refractivity contribution in [3.8, 4) is 0 Å². The highest BCUT2D eigenvalue weighted by molar-refractivity contribution is 5.71. The van der Waals surface area contributed by atoms with E-state index >= 15 is 0 Å². The van der Waals surface area contributed by atoms with Crippen LogP contribution < -0.4 is 5.32 Å². The number of aryl methyl sites for hydroxylation is 1. The van der Waals surface area contributed by atoms with Gasteiger partial charge in [0.25, 0.3) is 0 Å². The van der Waals surface area contributed by atoms with E-state index in [1.165, 1.54) is 0 Å². The van der Waals surface area contributed by atoms with Crippen LogP contribution >= 0.6 is 0 Å². The van der Waals surface area contributed by atoms with Crippen molar-refractivity contribution in [1.29, 1.82) is 0 Å². The van der Waals surface area contributed by atoms with E-state index in [0.717, 1.165) is 22.9 Å². The number of hydrogen-bond acceptors (Lipinski definition) is 6. The Labute approximate surface area is 110 Å². The summed E-state index contributed by atoms with van der Waals surface area (Å²) in [4.78, 5) is 21.1. The summed E-state index contributed by atoms with van der Waals surface area (Å²) in [6.07, 6.45) is 5.03. The van der Waals surface area contributed by atoms with Crippen molar-refractivity contribution >= 4 is 17.0 Å². The van der Waals surface area contributed by atoms with Gasteiger partial charge in [-0.1, -0.05) is 0 Å². The van der Waals surface area contributed by atoms with Gasteiger partial charge < -0.3 is 5.32 Å². The van der Waals surface area contributed by atoms with Crippen LogP contribution in [0.2, 0.25) is 0 Å². The van der Waals surface area contributed by atoms with Crippen molar-refractivity contribution in [2.75, 3.05) is 5.32 Å². The first-order valence-electron chi connectivity index (χ1n) is 5.91. The molecule has 3 rings (SSSR count). The Hall–Kier alpha value is -2.63. The molecule has 3 aromatic rings. The topological polar surface area (TPSA) is 76.5 Å². The molecule has 0 spiro atoms. The van der Waals surface area contributed by atoms with Gasteiger partial charge in [0, 0.05) is 18.6 Å². The maximum Gasteiger partial charge on any atom is 0.180 e. The van der Waals surface area contributed by atoms with Crippen molar-refractivity contribution in [3.05, 3.63) is 48.3 Å². The highest BCUT2D eigenvalue weighted by atomic mass is 15.0. The molecule has 0 aliphatic rings. The summed E-state index contributed by atoms with van der Waals surface area (Å²) < 4.78 is 0. The molecule has 6 nitrogen and oxygen atoms in total. The Morgan fingerprint density at radius 2 is 1.84 bits per heavy atom. The van der Waals surface area contributed by atoms with Gasteiger partial charge >= 0.3 is 0 Å². The van der Waals surface area contributed by atoms with Gasteiger partial charge in [-0.15, -0.1) is 0 Å². The van der Waals surface area contributed by atoms with Gasteiger partial charge in [0.05, 0.1) is 12.2 Å². The molecule has 0 saturated carbocycles. The molecule has 0 bridgehead atoms. The Bertz CT molecular complexity index is 712. The minimum absolute atomic E-state index is 0.599. The van der Waals surface area contributed by atoms with E-state index in [9.17, 15) is 0 Å². The number of anilines is 1. The minimum atomic E-state index is 0.599. The molecule has 0 radical (unpaired) electrons. The molecule has 0 aromatic carbocycles. The summed E-state index contributed by atoms with van der Waals surface area (Å²) in [5.74, 6) is 1.51. The van der Waals surface area contributed by atoms with Gasteiger partial charge in [0.2, 0.25) is 0 Å². The van der Waals surface area contributed by atoms with Crippen molar-refractivity contribution in [2.24, 2.45) is 0 Å². The van der Waals surface area contributed by atoms with Crippen LogP contribution in [0, 0.1) is 6.92 Å². The van der Waals surface area contributed by atoms with E-state index in [1.807, 2.05) is 25.1 Å². The van der Waals surface area contributed by atoms with Crippen molar-refractivity contribution < 1.29 is 0 Å². The molecule has 0 aliphatic heterocycles. The number of aromatic nitrogens is 5. The zero-order valence-electron chi connectivity index (χ0n) is 10.4. The molecule has 3 aromatic heterocycles. The summed E-state index contributed by atoms with van der Waals surface area (Å²) in [5.41, 5.74) is 2.34. The van der Waals surface area contributed by atoms with Crippen LogP contribution in [0.5, 0.6) is 0 Å². The highest BCUT2D eigenvalue weighted by Crippen LogP contribution is 2.10. The average Bonchev–Trinajstić information content (AvgIpc) is 2.45. The number of nitrogens with one attached hydrogen (secondary N) is 1. The van der Waals surface area contributed by atoms with E-state index in [4.69, 9.17) is 0 Å². The molecule has 19 heavy (non-hydrogen) atoms. The quantitative estimate of drug-likeness (QED) is 0.765. The molecule has 0 aliphatic carbocycles. The van der Waals surface area contributed by atoms with E-state index in [1.54, 1.807) is 18.6 Å². The Morgan fingerprint density at radius 3 is 2.74 bits per heavy atom. The first-order chi connectivity index (χ1) is 9.31. The van der Waals surface area contributed by atoms with Crippen LogP contribution in [-0.4, -0.2) is 24.9 Å². The van der Waals surface area contributed by atoms with Crippen LogP contribution in [-0.2, 0) is 6.54 Å². The summed E-state index contributed by atoms with van der Waals surface area (Å²) in [6, 6.07) is 5.65. The first-order valence-corrected chi connectivity index (χ1v) is 5.91. The Balaban J connectivity index is 1.78.